The molecule has 130 valence electrons. The second-order valence-electron chi connectivity index (χ2n) is 6.56. The van der Waals surface area contributed by atoms with E-state index in [0.717, 1.165) is 16.0 Å². The van der Waals surface area contributed by atoms with Crippen molar-refractivity contribution < 1.29 is 9.53 Å². The number of nitrogens with one attached hydrogen (secondary N) is 2. The smallest absolute Gasteiger partial charge is 0.412 e. The molecule has 0 bridgehead atoms. The standard InChI is InChI=1S/C18H23BrN2O2S/c1-12(20-11-15-9-10-16(19)24-15)13-5-7-14(8-6-13)21-17(22)23-18(2,3)4/h5-10,12,20H,11H2,1-4H3,(H,21,22). The Hall–Kier alpha value is -1.37. The Morgan fingerprint density at radius 3 is 2.42 bits per heavy atom. The van der Waals surface area contributed by atoms with Crippen LogP contribution in [-0.2, 0) is 11.3 Å². The van der Waals surface area contributed by atoms with Gasteiger partial charge in [-0.25, -0.2) is 4.79 Å². The summed E-state index contributed by atoms with van der Waals surface area (Å²) in [5.41, 5.74) is 1.39. The third kappa shape index (κ3) is 6.26. The Morgan fingerprint density at radius 2 is 1.88 bits per heavy atom. The summed E-state index contributed by atoms with van der Waals surface area (Å²) in [4.78, 5) is 13.0. The zero-order valence-electron chi connectivity index (χ0n) is 14.4. The second kappa shape index (κ2) is 8.14. The molecule has 0 aliphatic heterocycles. The second-order valence-corrected chi connectivity index (χ2v) is 9.10. The zero-order chi connectivity index (χ0) is 17.7. The van der Waals surface area contributed by atoms with Gasteiger partial charge in [0.25, 0.3) is 0 Å². The number of hydrogen-bond donors (Lipinski definition) is 2. The molecule has 2 N–H and O–H groups in total. The van der Waals surface area contributed by atoms with E-state index in [1.807, 2.05) is 45.0 Å². The van der Waals surface area contributed by atoms with Crippen LogP contribution in [-0.4, -0.2) is 11.7 Å². The molecular formula is C18H23BrN2O2S. The number of hydrogen-bond acceptors (Lipinski definition) is 4. The SMILES string of the molecule is CC(NCc1ccc(Br)s1)c1ccc(NC(=O)OC(C)(C)C)cc1. The lowest BCUT2D eigenvalue weighted by molar-refractivity contribution is 0.0636. The Kier molecular flexibility index (Phi) is 6.43. The number of carbonyl (C=O) groups excluding carboxylic acids is 1. The van der Waals surface area contributed by atoms with Crippen molar-refractivity contribution in [3.05, 3.63) is 50.6 Å². The molecule has 1 heterocycles. The molecule has 0 saturated heterocycles. The molecule has 2 aromatic rings. The summed E-state index contributed by atoms with van der Waals surface area (Å²) in [5.74, 6) is 0. The van der Waals surface area contributed by atoms with Gasteiger partial charge >= 0.3 is 6.09 Å². The molecular weight excluding hydrogens is 388 g/mol. The van der Waals surface area contributed by atoms with Crippen LogP contribution in [0.2, 0.25) is 0 Å². The molecule has 0 aliphatic rings. The Bertz CT molecular complexity index is 677. The van der Waals surface area contributed by atoms with Gasteiger partial charge in [0.1, 0.15) is 5.60 Å². The maximum absolute atomic E-state index is 11.8. The normalized spacial score (nSPS) is 12.7. The molecule has 4 nitrogen and oxygen atoms in total. The number of thiophene rings is 1. The number of ether oxygens (including phenoxy) is 1. The van der Waals surface area contributed by atoms with E-state index >= 15 is 0 Å². The van der Waals surface area contributed by atoms with Gasteiger partial charge in [-0.3, -0.25) is 5.32 Å². The summed E-state index contributed by atoms with van der Waals surface area (Å²) in [5, 5.41) is 6.24. The zero-order valence-corrected chi connectivity index (χ0v) is 16.8. The van der Waals surface area contributed by atoms with E-state index in [9.17, 15) is 4.79 Å². The van der Waals surface area contributed by atoms with E-state index in [4.69, 9.17) is 4.74 Å². The van der Waals surface area contributed by atoms with Crippen LogP contribution in [0.4, 0.5) is 10.5 Å². The molecule has 6 heteroatoms. The van der Waals surface area contributed by atoms with Crippen LogP contribution in [0.15, 0.2) is 40.2 Å². The van der Waals surface area contributed by atoms with Crippen molar-refractivity contribution in [1.82, 2.24) is 5.32 Å². The first-order valence-corrected chi connectivity index (χ1v) is 9.41. The molecule has 1 aromatic carbocycles. The van der Waals surface area contributed by atoms with Crippen LogP contribution < -0.4 is 10.6 Å². The van der Waals surface area contributed by atoms with Crippen molar-refractivity contribution in [2.45, 2.75) is 45.9 Å². The van der Waals surface area contributed by atoms with Gasteiger partial charge < -0.3 is 10.1 Å². The number of halogens is 1. The monoisotopic (exact) mass is 410 g/mol. The predicted octanol–water partition coefficient (Wildman–Crippen LogP) is 5.71. The van der Waals surface area contributed by atoms with Gasteiger partial charge in [0, 0.05) is 23.2 Å². The summed E-state index contributed by atoms with van der Waals surface area (Å²) in [6, 6.07) is 12.2. The van der Waals surface area contributed by atoms with E-state index in [-0.39, 0.29) is 6.04 Å². The lowest BCUT2D eigenvalue weighted by Gasteiger charge is -2.20. The minimum atomic E-state index is -0.501. The van der Waals surface area contributed by atoms with Crippen molar-refractivity contribution in [3.63, 3.8) is 0 Å². The number of benzene rings is 1. The fourth-order valence-corrected chi connectivity index (χ4v) is 3.53. The minimum Gasteiger partial charge on any atom is -0.444 e. The minimum absolute atomic E-state index is 0.224. The Balaban J connectivity index is 1.87. The van der Waals surface area contributed by atoms with Crippen molar-refractivity contribution in [2.24, 2.45) is 0 Å². The average molecular weight is 411 g/mol. The van der Waals surface area contributed by atoms with Crippen molar-refractivity contribution in [1.29, 1.82) is 0 Å². The molecule has 1 unspecified atom stereocenters. The summed E-state index contributed by atoms with van der Waals surface area (Å²) in [6.07, 6.45) is -0.440. The summed E-state index contributed by atoms with van der Waals surface area (Å²) in [6.45, 7) is 8.48. The van der Waals surface area contributed by atoms with Gasteiger partial charge in [-0.2, -0.15) is 0 Å². The summed E-state index contributed by atoms with van der Waals surface area (Å²) < 4.78 is 6.39. The highest BCUT2D eigenvalue weighted by molar-refractivity contribution is 9.11. The molecule has 1 aromatic heterocycles. The molecule has 24 heavy (non-hydrogen) atoms. The molecule has 0 spiro atoms. The number of carbonyl (C=O) groups is 1. The first-order chi connectivity index (χ1) is 11.2. The maximum atomic E-state index is 11.8. The van der Waals surface area contributed by atoms with Crippen LogP contribution in [0.25, 0.3) is 0 Å². The molecule has 1 atom stereocenters. The fraction of sp³-hybridized carbons (Fsp3) is 0.389. The van der Waals surface area contributed by atoms with Crippen LogP contribution in [0.5, 0.6) is 0 Å². The first kappa shape index (κ1) is 19.0. The van der Waals surface area contributed by atoms with Crippen LogP contribution in [0.1, 0.15) is 44.2 Å². The van der Waals surface area contributed by atoms with Crippen molar-refractivity contribution in [2.75, 3.05) is 5.32 Å². The highest BCUT2D eigenvalue weighted by atomic mass is 79.9. The van der Waals surface area contributed by atoms with Gasteiger partial charge in [-0.05, 0) is 73.5 Å². The number of amides is 1. The number of anilines is 1. The molecule has 1 amide bonds. The quantitative estimate of drug-likeness (QED) is 0.663. The van der Waals surface area contributed by atoms with E-state index in [1.54, 1.807) is 11.3 Å². The molecule has 0 saturated carbocycles. The van der Waals surface area contributed by atoms with E-state index in [0.29, 0.717) is 0 Å². The first-order valence-electron chi connectivity index (χ1n) is 7.80. The highest BCUT2D eigenvalue weighted by Gasteiger charge is 2.16. The van der Waals surface area contributed by atoms with Crippen LogP contribution in [0, 0.1) is 0 Å². The topological polar surface area (TPSA) is 50.4 Å². The number of rotatable bonds is 5. The predicted molar refractivity (Wildman–Crippen MR) is 104 cm³/mol. The molecule has 2 rings (SSSR count). The van der Waals surface area contributed by atoms with Gasteiger partial charge in [0.2, 0.25) is 0 Å². The summed E-state index contributed by atoms with van der Waals surface area (Å²) in [7, 11) is 0. The van der Waals surface area contributed by atoms with Gasteiger partial charge in [0.05, 0.1) is 3.79 Å². The average Bonchev–Trinajstić information content (AvgIpc) is 2.89. The van der Waals surface area contributed by atoms with Crippen LogP contribution in [0.3, 0.4) is 0 Å². The highest BCUT2D eigenvalue weighted by Crippen LogP contribution is 2.23. The van der Waals surface area contributed by atoms with Crippen molar-refractivity contribution in [3.8, 4) is 0 Å². The molecule has 0 radical (unpaired) electrons. The van der Waals surface area contributed by atoms with Crippen molar-refractivity contribution >= 4 is 39.0 Å². The molecule has 0 aliphatic carbocycles. The molecule has 0 fully saturated rings. The Morgan fingerprint density at radius 1 is 1.21 bits per heavy atom. The van der Waals surface area contributed by atoms with E-state index < -0.39 is 11.7 Å². The third-order valence-electron chi connectivity index (χ3n) is 3.27. The van der Waals surface area contributed by atoms with Gasteiger partial charge in [0.15, 0.2) is 0 Å². The largest absolute Gasteiger partial charge is 0.444 e. The lowest BCUT2D eigenvalue weighted by atomic mass is 10.1. The van der Waals surface area contributed by atoms with E-state index in [2.05, 4.69) is 45.6 Å². The third-order valence-corrected chi connectivity index (χ3v) is 4.89. The summed E-state index contributed by atoms with van der Waals surface area (Å²) >= 11 is 5.21. The maximum Gasteiger partial charge on any atom is 0.412 e. The van der Waals surface area contributed by atoms with E-state index in [1.165, 1.54) is 10.4 Å². The van der Waals surface area contributed by atoms with Crippen LogP contribution >= 0.6 is 27.3 Å². The van der Waals surface area contributed by atoms with Gasteiger partial charge in [-0.1, -0.05) is 12.1 Å². The van der Waals surface area contributed by atoms with Gasteiger partial charge in [-0.15, -0.1) is 11.3 Å². The fourth-order valence-electron chi connectivity index (χ4n) is 2.09. The lowest BCUT2D eigenvalue weighted by Crippen LogP contribution is -2.27. The Labute approximate surface area is 155 Å².